The molecule has 6 nitrogen and oxygen atoms in total. The number of benzene rings is 1. The number of hydrogen-bond donors (Lipinski definition) is 3. The van der Waals surface area contributed by atoms with Crippen molar-refractivity contribution in [3.63, 3.8) is 0 Å². The Bertz CT molecular complexity index is 383. The fraction of sp³-hybridized carbons (Fsp3) is 0.333. The van der Waals surface area contributed by atoms with E-state index >= 15 is 0 Å². The van der Waals surface area contributed by atoms with Crippen LogP contribution in [0.15, 0.2) is 18.2 Å². The Morgan fingerprint density at radius 3 is 2.06 bits per heavy atom. The maximum atomic E-state index is 9.68. The quantitative estimate of drug-likeness (QED) is 0.660. The summed E-state index contributed by atoms with van der Waals surface area (Å²) >= 11 is 0. The number of para-hydroxylation sites is 1. The average Bonchev–Trinajstić information content (AvgIpc) is 2.27. The van der Waals surface area contributed by atoms with Crippen molar-refractivity contribution < 1.29 is 28.7 Å². The van der Waals surface area contributed by atoms with Gasteiger partial charge in [-0.15, -0.1) is 0 Å². The molecule has 0 saturated heterocycles. The van der Waals surface area contributed by atoms with Crippen molar-refractivity contribution >= 4 is 12.8 Å². The molecule has 0 bridgehead atoms. The van der Waals surface area contributed by atoms with E-state index in [1.807, 2.05) is 0 Å². The van der Waals surface area contributed by atoms with Crippen molar-refractivity contribution in [3.05, 3.63) is 18.2 Å². The summed E-state index contributed by atoms with van der Waals surface area (Å²) < 4.78 is 14.4. The SMILES string of the molecule is COc1cccc(P(O)(O)(O)OC)c1OC. The van der Waals surface area contributed by atoms with Gasteiger partial charge in [0.25, 0.3) is 0 Å². The predicted molar refractivity (Wildman–Crippen MR) is 59.8 cm³/mol. The first-order valence-electron chi connectivity index (χ1n) is 4.38. The zero-order valence-electron chi connectivity index (χ0n) is 9.25. The van der Waals surface area contributed by atoms with Crippen molar-refractivity contribution in [2.45, 2.75) is 0 Å². The van der Waals surface area contributed by atoms with Crippen LogP contribution < -0.4 is 14.8 Å². The first-order valence-corrected chi connectivity index (χ1v) is 6.40. The molecule has 0 aliphatic rings. The van der Waals surface area contributed by atoms with Crippen LogP contribution in [-0.4, -0.2) is 36.0 Å². The van der Waals surface area contributed by atoms with Gasteiger partial charge >= 0.3 is 92.5 Å². The van der Waals surface area contributed by atoms with E-state index in [2.05, 4.69) is 4.52 Å². The Labute approximate surface area is 93.3 Å². The van der Waals surface area contributed by atoms with Crippen molar-refractivity contribution in [3.8, 4) is 11.5 Å². The van der Waals surface area contributed by atoms with Gasteiger partial charge < -0.3 is 0 Å². The molecule has 0 aliphatic carbocycles. The zero-order valence-corrected chi connectivity index (χ0v) is 10.1. The first kappa shape index (κ1) is 13.2. The van der Waals surface area contributed by atoms with Gasteiger partial charge in [-0.2, -0.15) is 0 Å². The van der Waals surface area contributed by atoms with E-state index < -0.39 is 7.51 Å². The van der Waals surface area contributed by atoms with Crippen LogP contribution >= 0.6 is 7.51 Å². The molecule has 0 spiro atoms. The number of hydrogen-bond acceptors (Lipinski definition) is 6. The van der Waals surface area contributed by atoms with Crippen LogP contribution in [0, 0.1) is 0 Å². The van der Waals surface area contributed by atoms with Crippen LogP contribution in [0.5, 0.6) is 11.5 Å². The molecule has 0 aromatic heterocycles. The molecule has 7 heteroatoms. The standard InChI is InChI=1S/C9H15O6P/c1-13-7-5-4-6-8(9(7)14-2)16(10,11,12)15-3/h4-6,10-12H,1-3H3. The molecule has 16 heavy (non-hydrogen) atoms. The van der Waals surface area contributed by atoms with Crippen LogP contribution in [0.25, 0.3) is 0 Å². The molecule has 3 N–H and O–H groups in total. The van der Waals surface area contributed by atoms with E-state index in [1.54, 1.807) is 6.07 Å². The summed E-state index contributed by atoms with van der Waals surface area (Å²) in [4.78, 5) is 29.0. The second-order valence-corrected chi connectivity index (χ2v) is 5.76. The summed E-state index contributed by atoms with van der Waals surface area (Å²) in [7, 11) is -1.63. The molecule has 0 radical (unpaired) electrons. The maximum absolute atomic E-state index is 9.68. The Balaban J connectivity index is 3.45. The molecule has 0 unspecified atom stereocenters. The summed E-state index contributed by atoms with van der Waals surface area (Å²) in [5, 5.41) is -0.240. The average molecular weight is 250 g/mol. The van der Waals surface area contributed by atoms with Crippen LogP contribution in [0.4, 0.5) is 0 Å². The van der Waals surface area contributed by atoms with Crippen LogP contribution in [0.1, 0.15) is 0 Å². The van der Waals surface area contributed by atoms with E-state index in [-0.39, 0.29) is 16.8 Å². The Kier molecular flexibility index (Phi) is 3.42. The monoisotopic (exact) mass is 250 g/mol. The normalized spacial score (nSPS) is 14.0. The van der Waals surface area contributed by atoms with Gasteiger partial charge in [0.05, 0.1) is 0 Å². The van der Waals surface area contributed by atoms with E-state index in [1.165, 1.54) is 26.4 Å². The molecule has 0 fully saturated rings. The minimum atomic E-state index is -5.34. The predicted octanol–water partition coefficient (Wildman–Crippen LogP) is 0.166. The minimum absolute atomic E-state index is 0.0250. The Morgan fingerprint density at radius 2 is 1.62 bits per heavy atom. The summed E-state index contributed by atoms with van der Waals surface area (Å²) in [6.07, 6.45) is 0. The van der Waals surface area contributed by atoms with E-state index in [0.717, 1.165) is 7.11 Å². The molecule has 1 aromatic carbocycles. The summed E-state index contributed by atoms with van der Waals surface area (Å²) in [6.45, 7) is 0. The van der Waals surface area contributed by atoms with E-state index in [9.17, 15) is 14.7 Å². The van der Waals surface area contributed by atoms with Gasteiger partial charge in [-0.3, -0.25) is 0 Å². The summed E-state index contributed by atoms with van der Waals surface area (Å²) in [5.41, 5.74) is 0. The fourth-order valence-electron chi connectivity index (χ4n) is 1.28. The van der Waals surface area contributed by atoms with Crippen LogP contribution in [0.3, 0.4) is 0 Å². The third-order valence-electron chi connectivity index (χ3n) is 2.14. The Morgan fingerprint density at radius 1 is 1.00 bits per heavy atom. The van der Waals surface area contributed by atoms with Gasteiger partial charge in [0.2, 0.25) is 0 Å². The van der Waals surface area contributed by atoms with E-state index in [0.29, 0.717) is 0 Å². The summed E-state index contributed by atoms with van der Waals surface area (Å²) in [5.74, 6) is 0.292. The molecule has 92 valence electrons. The van der Waals surface area contributed by atoms with Crippen LogP contribution in [0.2, 0.25) is 0 Å². The second-order valence-electron chi connectivity index (χ2n) is 3.10. The topological polar surface area (TPSA) is 88.4 Å². The number of methoxy groups -OCH3 is 2. The van der Waals surface area contributed by atoms with Gasteiger partial charge in [0.1, 0.15) is 0 Å². The van der Waals surface area contributed by atoms with Gasteiger partial charge in [-0.05, 0) is 0 Å². The van der Waals surface area contributed by atoms with Gasteiger partial charge in [0, 0.05) is 0 Å². The molecule has 0 atom stereocenters. The van der Waals surface area contributed by atoms with Crippen molar-refractivity contribution in [1.82, 2.24) is 0 Å². The number of ether oxygens (including phenoxy) is 2. The molecule has 0 heterocycles. The van der Waals surface area contributed by atoms with E-state index in [4.69, 9.17) is 9.47 Å². The van der Waals surface area contributed by atoms with Crippen molar-refractivity contribution in [2.24, 2.45) is 0 Å². The molecule has 0 amide bonds. The fourth-order valence-corrected chi connectivity index (χ4v) is 2.38. The molecule has 0 aliphatic heterocycles. The summed E-state index contributed by atoms with van der Waals surface area (Å²) in [6, 6.07) is 4.34. The molecular weight excluding hydrogens is 235 g/mol. The third kappa shape index (κ3) is 2.26. The number of rotatable bonds is 4. The molecule has 0 saturated carbocycles. The second kappa shape index (κ2) is 4.16. The molecule has 1 rings (SSSR count). The van der Waals surface area contributed by atoms with Crippen molar-refractivity contribution in [1.29, 1.82) is 0 Å². The molecular formula is C9H15O6P. The zero-order chi connectivity index (χ0) is 12.4. The van der Waals surface area contributed by atoms with Gasteiger partial charge in [0.15, 0.2) is 0 Å². The molecule has 1 aromatic rings. The van der Waals surface area contributed by atoms with Crippen molar-refractivity contribution in [2.75, 3.05) is 21.3 Å². The first-order chi connectivity index (χ1) is 7.34. The van der Waals surface area contributed by atoms with Gasteiger partial charge in [-0.1, -0.05) is 0 Å². The third-order valence-corrected chi connectivity index (χ3v) is 4.01. The van der Waals surface area contributed by atoms with Crippen LogP contribution in [-0.2, 0) is 4.52 Å². The Hall–Kier alpha value is -0.910. The van der Waals surface area contributed by atoms with Gasteiger partial charge in [-0.25, -0.2) is 0 Å².